The van der Waals surface area contributed by atoms with Crippen LogP contribution in [0.25, 0.3) is 0 Å². The highest BCUT2D eigenvalue weighted by molar-refractivity contribution is 5.85. The molecule has 6 heteroatoms. The average molecular weight is 302 g/mol. The Balaban J connectivity index is 0.00000200. The van der Waals surface area contributed by atoms with E-state index in [0.29, 0.717) is 32.5 Å². The number of β-amino-alcohol motifs (C(OH)–C–C–N with tert-alkyl or cyclic N) is 1. The van der Waals surface area contributed by atoms with Crippen LogP contribution in [0.5, 0.6) is 5.75 Å². The molecule has 20 heavy (non-hydrogen) atoms. The molecule has 1 aliphatic rings. The molecular weight excluding hydrogens is 282 g/mol. The summed E-state index contributed by atoms with van der Waals surface area (Å²) < 4.78 is 5.56. The van der Waals surface area contributed by atoms with Crippen molar-refractivity contribution in [3.8, 4) is 5.75 Å². The van der Waals surface area contributed by atoms with Crippen molar-refractivity contribution < 1.29 is 19.7 Å². The molecule has 2 atom stereocenters. The van der Waals surface area contributed by atoms with Crippen molar-refractivity contribution in [1.82, 2.24) is 4.90 Å². The number of carboxylic acids is 1. The molecule has 0 aromatic heterocycles. The number of rotatable bonds is 5. The predicted octanol–water partition coefficient (Wildman–Crippen LogP) is 1.40. The van der Waals surface area contributed by atoms with Crippen LogP contribution in [0.4, 0.5) is 0 Å². The number of aliphatic hydroxyl groups excluding tert-OH is 1. The molecule has 0 saturated carbocycles. The Labute approximate surface area is 124 Å². The lowest BCUT2D eigenvalue weighted by atomic mass is 10.0. The minimum Gasteiger partial charge on any atom is -0.492 e. The molecule has 0 unspecified atom stereocenters. The largest absolute Gasteiger partial charge is 0.492 e. The summed E-state index contributed by atoms with van der Waals surface area (Å²) in [6.45, 7) is 1.32. The zero-order chi connectivity index (χ0) is 13.7. The number of hydrogen-bond acceptors (Lipinski definition) is 4. The van der Waals surface area contributed by atoms with Gasteiger partial charge in [0.1, 0.15) is 18.4 Å². The summed E-state index contributed by atoms with van der Waals surface area (Å²) in [5, 5.41) is 18.8. The predicted molar refractivity (Wildman–Crippen MR) is 77.4 cm³/mol. The van der Waals surface area contributed by atoms with Gasteiger partial charge in [0.15, 0.2) is 0 Å². The van der Waals surface area contributed by atoms with Crippen LogP contribution in [0.15, 0.2) is 30.3 Å². The lowest BCUT2D eigenvalue weighted by molar-refractivity contribution is -0.146. The number of aliphatic carboxylic acids is 1. The normalized spacial score (nSPS) is 22.9. The van der Waals surface area contributed by atoms with Crippen LogP contribution in [0.3, 0.4) is 0 Å². The standard InChI is InChI=1S/C14H19NO4.ClH/c16-11-6-7-13(14(17)18)15(10-11)8-9-19-12-4-2-1-3-5-12;/h1-5,11,13,16H,6-10H2,(H,17,18);1H/t11-,13+;/m1./s1. The van der Waals surface area contributed by atoms with Gasteiger partial charge < -0.3 is 14.9 Å². The van der Waals surface area contributed by atoms with Crippen LogP contribution in [0, 0.1) is 0 Å². The van der Waals surface area contributed by atoms with Gasteiger partial charge in [0, 0.05) is 13.1 Å². The van der Waals surface area contributed by atoms with Crippen LogP contribution in [-0.4, -0.2) is 52.9 Å². The Morgan fingerprint density at radius 3 is 2.65 bits per heavy atom. The number of para-hydroxylation sites is 1. The molecule has 5 nitrogen and oxygen atoms in total. The van der Waals surface area contributed by atoms with Gasteiger partial charge in [0.2, 0.25) is 0 Å². The SMILES string of the molecule is Cl.O=C(O)[C@@H]1CC[C@@H](O)CN1CCOc1ccccc1. The summed E-state index contributed by atoms with van der Waals surface area (Å²) in [4.78, 5) is 12.9. The number of nitrogens with zero attached hydrogens (tertiary/aromatic N) is 1. The molecule has 0 spiro atoms. The van der Waals surface area contributed by atoms with Gasteiger partial charge in [-0.2, -0.15) is 0 Å². The first kappa shape index (κ1) is 16.8. The van der Waals surface area contributed by atoms with Gasteiger partial charge in [0.25, 0.3) is 0 Å². The Morgan fingerprint density at radius 2 is 2.00 bits per heavy atom. The number of hydrogen-bond donors (Lipinski definition) is 2. The maximum atomic E-state index is 11.1. The molecule has 1 fully saturated rings. The lowest BCUT2D eigenvalue weighted by Crippen LogP contribution is -2.50. The summed E-state index contributed by atoms with van der Waals surface area (Å²) in [5.41, 5.74) is 0. The fourth-order valence-corrected chi connectivity index (χ4v) is 2.35. The third kappa shape index (κ3) is 4.67. The third-order valence-corrected chi connectivity index (χ3v) is 3.33. The monoisotopic (exact) mass is 301 g/mol. The molecular formula is C14H20ClNO4. The second-order valence-electron chi connectivity index (χ2n) is 4.74. The van der Waals surface area contributed by atoms with Crippen LogP contribution < -0.4 is 4.74 Å². The van der Waals surface area contributed by atoms with Crippen molar-refractivity contribution >= 4 is 18.4 Å². The highest BCUT2D eigenvalue weighted by Gasteiger charge is 2.31. The molecule has 1 aliphatic heterocycles. The number of likely N-dealkylation sites (tertiary alicyclic amines) is 1. The number of carboxylic acid groups (broad SMARTS) is 1. The molecule has 112 valence electrons. The highest BCUT2D eigenvalue weighted by Crippen LogP contribution is 2.17. The van der Waals surface area contributed by atoms with E-state index in [1.165, 1.54) is 0 Å². The van der Waals surface area contributed by atoms with Crippen molar-refractivity contribution in [2.45, 2.75) is 25.0 Å². The maximum absolute atomic E-state index is 11.1. The highest BCUT2D eigenvalue weighted by atomic mass is 35.5. The van der Waals surface area contributed by atoms with E-state index in [1.54, 1.807) is 4.90 Å². The first-order chi connectivity index (χ1) is 9.16. The molecule has 1 aromatic rings. The molecule has 2 rings (SSSR count). The first-order valence-electron chi connectivity index (χ1n) is 6.49. The topological polar surface area (TPSA) is 70.0 Å². The van der Waals surface area contributed by atoms with Crippen molar-refractivity contribution in [3.63, 3.8) is 0 Å². The second kappa shape index (κ2) is 8.09. The summed E-state index contributed by atoms with van der Waals surface area (Å²) in [5.74, 6) is -0.0569. The smallest absolute Gasteiger partial charge is 0.320 e. The van der Waals surface area contributed by atoms with Crippen LogP contribution in [-0.2, 0) is 4.79 Å². The zero-order valence-electron chi connectivity index (χ0n) is 11.1. The Bertz CT molecular complexity index is 415. The molecule has 1 aromatic carbocycles. The van der Waals surface area contributed by atoms with E-state index < -0.39 is 18.1 Å². The van der Waals surface area contributed by atoms with Crippen molar-refractivity contribution in [2.75, 3.05) is 19.7 Å². The number of carbonyl (C=O) groups is 1. The minimum atomic E-state index is -0.827. The molecule has 2 N–H and O–H groups in total. The molecule has 0 bridgehead atoms. The zero-order valence-corrected chi connectivity index (χ0v) is 12.0. The van der Waals surface area contributed by atoms with E-state index in [2.05, 4.69) is 0 Å². The fourth-order valence-electron chi connectivity index (χ4n) is 2.35. The number of piperidine rings is 1. The van der Waals surface area contributed by atoms with Gasteiger partial charge >= 0.3 is 5.97 Å². The number of benzene rings is 1. The van der Waals surface area contributed by atoms with Crippen LogP contribution in [0.2, 0.25) is 0 Å². The second-order valence-corrected chi connectivity index (χ2v) is 4.74. The quantitative estimate of drug-likeness (QED) is 0.860. The van der Waals surface area contributed by atoms with Crippen LogP contribution in [0.1, 0.15) is 12.8 Å². The van der Waals surface area contributed by atoms with Crippen LogP contribution >= 0.6 is 12.4 Å². The van der Waals surface area contributed by atoms with Crippen molar-refractivity contribution in [1.29, 1.82) is 0 Å². The van der Waals surface area contributed by atoms with Gasteiger partial charge in [-0.3, -0.25) is 9.69 Å². The number of aliphatic hydroxyl groups is 1. The average Bonchev–Trinajstić information content (AvgIpc) is 2.39. The van der Waals surface area contributed by atoms with Gasteiger partial charge in [-0.05, 0) is 25.0 Å². The van der Waals surface area contributed by atoms with E-state index in [4.69, 9.17) is 9.84 Å². The van der Waals surface area contributed by atoms with Gasteiger partial charge in [0.05, 0.1) is 6.10 Å². The van der Waals surface area contributed by atoms with E-state index in [0.717, 1.165) is 5.75 Å². The summed E-state index contributed by atoms with van der Waals surface area (Å²) in [6, 6.07) is 8.90. The minimum absolute atomic E-state index is 0. The number of ether oxygens (including phenoxy) is 1. The lowest BCUT2D eigenvalue weighted by Gasteiger charge is -2.35. The van der Waals surface area contributed by atoms with Gasteiger partial charge in [-0.25, -0.2) is 0 Å². The Morgan fingerprint density at radius 1 is 1.30 bits per heavy atom. The van der Waals surface area contributed by atoms with E-state index in [9.17, 15) is 9.90 Å². The molecule has 0 amide bonds. The third-order valence-electron chi connectivity index (χ3n) is 3.33. The number of halogens is 1. The molecule has 1 saturated heterocycles. The summed E-state index contributed by atoms with van der Waals surface area (Å²) in [6.07, 6.45) is 0.599. The molecule has 1 heterocycles. The maximum Gasteiger partial charge on any atom is 0.320 e. The van der Waals surface area contributed by atoms with E-state index in [1.807, 2.05) is 30.3 Å². The van der Waals surface area contributed by atoms with E-state index >= 15 is 0 Å². The van der Waals surface area contributed by atoms with Crippen molar-refractivity contribution in [2.24, 2.45) is 0 Å². The first-order valence-corrected chi connectivity index (χ1v) is 6.49. The molecule has 0 aliphatic carbocycles. The fraction of sp³-hybridized carbons (Fsp3) is 0.500. The Hall–Kier alpha value is -1.30. The Kier molecular flexibility index (Phi) is 6.78. The van der Waals surface area contributed by atoms with Gasteiger partial charge in [-0.15, -0.1) is 12.4 Å². The summed E-state index contributed by atoms with van der Waals surface area (Å²) in [7, 11) is 0. The summed E-state index contributed by atoms with van der Waals surface area (Å²) >= 11 is 0. The molecule has 0 radical (unpaired) electrons. The van der Waals surface area contributed by atoms with Crippen molar-refractivity contribution in [3.05, 3.63) is 30.3 Å². The van der Waals surface area contributed by atoms with Gasteiger partial charge in [-0.1, -0.05) is 18.2 Å². The van der Waals surface area contributed by atoms with E-state index in [-0.39, 0.29) is 12.4 Å².